The summed E-state index contributed by atoms with van der Waals surface area (Å²) in [6, 6.07) is 7.11. The van der Waals surface area contributed by atoms with E-state index in [9.17, 15) is 4.79 Å². The summed E-state index contributed by atoms with van der Waals surface area (Å²) in [6.07, 6.45) is 1.64. The van der Waals surface area contributed by atoms with Crippen molar-refractivity contribution in [3.63, 3.8) is 0 Å². The molecule has 18 heavy (non-hydrogen) atoms. The maximum atomic E-state index is 11.7. The zero-order chi connectivity index (χ0) is 13.2. The molecule has 0 saturated heterocycles. The van der Waals surface area contributed by atoms with Crippen molar-refractivity contribution in [2.24, 2.45) is 5.73 Å². The predicted octanol–water partition coefficient (Wildman–Crippen LogP) is 2.61. The summed E-state index contributed by atoms with van der Waals surface area (Å²) in [5.74, 6) is -0.488. The number of anilines is 1. The number of amides is 1. The molecule has 0 aliphatic heterocycles. The second-order valence-electron chi connectivity index (χ2n) is 3.96. The quantitative estimate of drug-likeness (QED) is 0.905. The zero-order valence-corrected chi connectivity index (χ0v) is 11.3. The minimum Gasteiger partial charge on any atom is -0.367 e. The van der Waals surface area contributed by atoms with Gasteiger partial charge in [-0.3, -0.25) is 4.79 Å². The summed E-state index contributed by atoms with van der Waals surface area (Å²) in [7, 11) is 0. The van der Waals surface area contributed by atoms with Crippen molar-refractivity contribution in [1.82, 2.24) is 4.98 Å². The monoisotopic (exact) mass is 281 g/mol. The van der Waals surface area contributed by atoms with Crippen LogP contribution in [-0.4, -0.2) is 10.9 Å². The van der Waals surface area contributed by atoms with E-state index in [2.05, 4.69) is 10.3 Å². The Balaban J connectivity index is 2.36. The summed E-state index contributed by atoms with van der Waals surface area (Å²) < 4.78 is 0. The first-order valence-corrected chi connectivity index (χ1v) is 6.52. The van der Waals surface area contributed by atoms with Crippen LogP contribution in [0.15, 0.2) is 35.8 Å². The van der Waals surface area contributed by atoms with Gasteiger partial charge in [-0.1, -0.05) is 17.7 Å². The number of carbonyl (C=O) groups is 1. The summed E-state index contributed by atoms with van der Waals surface area (Å²) in [5.41, 5.74) is 5.16. The molecule has 1 unspecified atom stereocenters. The van der Waals surface area contributed by atoms with Crippen molar-refractivity contribution < 1.29 is 4.79 Å². The number of nitrogens with two attached hydrogens (primary N) is 1. The van der Waals surface area contributed by atoms with Gasteiger partial charge in [0.2, 0.25) is 5.91 Å². The van der Waals surface area contributed by atoms with E-state index in [1.54, 1.807) is 36.7 Å². The molecule has 2 rings (SSSR count). The third kappa shape index (κ3) is 2.47. The van der Waals surface area contributed by atoms with Gasteiger partial charge in [0.25, 0.3) is 0 Å². The Hall–Kier alpha value is -1.59. The first kappa shape index (κ1) is 12.9. The highest BCUT2D eigenvalue weighted by Crippen LogP contribution is 2.28. The smallest absolute Gasteiger partial charge is 0.249 e. The van der Waals surface area contributed by atoms with Gasteiger partial charge in [0.15, 0.2) is 5.54 Å². The average Bonchev–Trinajstić information content (AvgIpc) is 2.82. The molecule has 2 aromatic rings. The molecule has 0 spiro atoms. The molecule has 0 aliphatic carbocycles. The van der Waals surface area contributed by atoms with E-state index in [4.69, 9.17) is 17.3 Å². The normalized spacial score (nSPS) is 13.9. The van der Waals surface area contributed by atoms with Gasteiger partial charge in [0.05, 0.1) is 0 Å². The molecule has 1 amide bonds. The standard InChI is InChI=1S/C12H12ClN3OS/c1-12(10(14)17,11-15-5-6-18-11)16-9-4-2-3-8(13)7-9/h2-7,16H,1H3,(H2,14,17). The molecule has 1 aromatic carbocycles. The Labute approximate surface area is 114 Å². The molecule has 0 aliphatic rings. The van der Waals surface area contributed by atoms with E-state index in [1.807, 2.05) is 6.07 Å². The highest BCUT2D eigenvalue weighted by molar-refractivity contribution is 7.09. The molecule has 0 saturated carbocycles. The molecule has 4 nitrogen and oxygen atoms in total. The number of hydrogen-bond donors (Lipinski definition) is 2. The van der Waals surface area contributed by atoms with Crippen LogP contribution in [0.1, 0.15) is 11.9 Å². The third-order valence-electron chi connectivity index (χ3n) is 2.57. The number of nitrogens with one attached hydrogen (secondary N) is 1. The molecule has 1 atom stereocenters. The topological polar surface area (TPSA) is 68.0 Å². The second-order valence-corrected chi connectivity index (χ2v) is 5.29. The minimum absolute atomic E-state index is 0.488. The Morgan fingerprint density at radius 1 is 1.56 bits per heavy atom. The minimum atomic E-state index is -1.04. The molecule has 0 bridgehead atoms. The number of rotatable bonds is 4. The lowest BCUT2D eigenvalue weighted by Crippen LogP contribution is -2.45. The van der Waals surface area contributed by atoms with Crippen LogP contribution in [-0.2, 0) is 10.3 Å². The number of nitrogens with zero attached hydrogens (tertiary/aromatic N) is 1. The molecule has 3 N–H and O–H groups in total. The van der Waals surface area contributed by atoms with Crippen LogP contribution < -0.4 is 11.1 Å². The van der Waals surface area contributed by atoms with E-state index < -0.39 is 11.4 Å². The molecule has 0 fully saturated rings. The molecular weight excluding hydrogens is 270 g/mol. The Bertz CT molecular complexity index is 558. The van der Waals surface area contributed by atoms with Crippen LogP contribution in [0.4, 0.5) is 5.69 Å². The van der Waals surface area contributed by atoms with Crippen LogP contribution in [0, 0.1) is 0 Å². The first-order chi connectivity index (χ1) is 8.52. The van der Waals surface area contributed by atoms with Gasteiger partial charge in [-0.05, 0) is 25.1 Å². The SMILES string of the molecule is CC(Nc1cccc(Cl)c1)(C(N)=O)c1nccs1. The lowest BCUT2D eigenvalue weighted by atomic mass is 10.0. The van der Waals surface area contributed by atoms with Crippen LogP contribution in [0.2, 0.25) is 5.02 Å². The molecule has 6 heteroatoms. The second kappa shape index (κ2) is 4.96. The van der Waals surface area contributed by atoms with Crippen molar-refractivity contribution in [3.05, 3.63) is 45.9 Å². The summed E-state index contributed by atoms with van der Waals surface area (Å²) in [4.78, 5) is 15.9. The number of primary amides is 1. The van der Waals surface area contributed by atoms with Crippen LogP contribution in [0.5, 0.6) is 0 Å². The van der Waals surface area contributed by atoms with Gasteiger partial charge in [0.1, 0.15) is 5.01 Å². The van der Waals surface area contributed by atoms with E-state index in [0.717, 1.165) is 5.69 Å². The van der Waals surface area contributed by atoms with E-state index in [-0.39, 0.29) is 0 Å². The predicted molar refractivity (Wildman–Crippen MR) is 73.7 cm³/mol. The Morgan fingerprint density at radius 3 is 2.89 bits per heavy atom. The number of carbonyl (C=O) groups excluding carboxylic acids is 1. The molecule has 0 radical (unpaired) electrons. The van der Waals surface area contributed by atoms with Crippen molar-refractivity contribution in [2.75, 3.05) is 5.32 Å². The maximum absolute atomic E-state index is 11.7. The largest absolute Gasteiger partial charge is 0.367 e. The van der Waals surface area contributed by atoms with Crippen molar-refractivity contribution in [2.45, 2.75) is 12.5 Å². The Kier molecular flexibility index (Phi) is 3.54. The van der Waals surface area contributed by atoms with Crippen LogP contribution in [0.25, 0.3) is 0 Å². The van der Waals surface area contributed by atoms with E-state index in [0.29, 0.717) is 10.0 Å². The maximum Gasteiger partial charge on any atom is 0.249 e. The lowest BCUT2D eigenvalue weighted by Gasteiger charge is -2.26. The number of benzene rings is 1. The zero-order valence-electron chi connectivity index (χ0n) is 9.68. The number of halogens is 1. The Morgan fingerprint density at radius 2 is 2.33 bits per heavy atom. The van der Waals surface area contributed by atoms with Crippen molar-refractivity contribution in [3.8, 4) is 0 Å². The fourth-order valence-electron chi connectivity index (χ4n) is 1.55. The molecule has 1 heterocycles. The van der Waals surface area contributed by atoms with Crippen molar-refractivity contribution in [1.29, 1.82) is 0 Å². The van der Waals surface area contributed by atoms with Gasteiger partial charge in [-0.15, -0.1) is 11.3 Å². The summed E-state index contributed by atoms with van der Waals surface area (Å²) in [6.45, 7) is 1.70. The lowest BCUT2D eigenvalue weighted by molar-refractivity contribution is -0.122. The van der Waals surface area contributed by atoms with Crippen molar-refractivity contribution >= 4 is 34.5 Å². The molecular formula is C12H12ClN3OS. The number of thiazole rings is 1. The fraction of sp³-hybridized carbons (Fsp3) is 0.167. The van der Waals surface area contributed by atoms with E-state index in [1.165, 1.54) is 11.3 Å². The summed E-state index contributed by atoms with van der Waals surface area (Å²) in [5, 5.41) is 6.10. The first-order valence-electron chi connectivity index (χ1n) is 5.26. The summed E-state index contributed by atoms with van der Waals surface area (Å²) >= 11 is 7.28. The highest BCUT2D eigenvalue weighted by Gasteiger charge is 2.35. The van der Waals surface area contributed by atoms with Gasteiger partial charge < -0.3 is 11.1 Å². The van der Waals surface area contributed by atoms with Crippen LogP contribution in [0.3, 0.4) is 0 Å². The average molecular weight is 282 g/mol. The van der Waals surface area contributed by atoms with Gasteiger partial charge >= 0.3 is 0 Å². The molecule has 1 aromatic heterocycles. The number of hydrogen-bond acceptors (Lipinski definition) is 4. The molecule has 94 valence electrons. The van der Waals surface area contributed by atoms with Gasteiger partial charge in [-0.2, -0.15) is 0 Å². The van der Waals surface area contributed by atoms with Crippen LogP contribution >= 0.6 is 22.9 Å². The van der Waals surface area contributed by atoms with Gasteiger partial charge in [-0.25, -0.2) is 4.98 Å². The van der Waals surface area contributed by atoms with E-state index >= 15 is 0 Å². The van der Waals surface area contributed by atoms with Gasteiger partial charge in [0, 0.05) is 22.3 Å². The third-order valence-corrected chi connectivity index (χ3v) is 3.80. The fourth-order valence-corrected chi connectivity index (χ4v) is 2.50. The highest BCUT2D eigenvalue weighted by atomic mass is 35.5. The number of aromatic nitrogens is 1.